The monoisotopic (exact) mass is 564 g/mol. The fourth-order valence-corrected chi connectivity index (χ4v) is 5.22. The lowest BCUT2D eigenvalue weighted by molar-refractivity contribution is -0.137. The first kappa shape index (κ1) is 27.4. The molecule has 0 aliphatic carbocycles. The van der Waals surface area contributed by atoms with E-state index in [1.807, 2.05) is 23.1 Å². The number of primary amides is 1. The van der Waals surface area contributed by atoms with Gasteiger partial charge in [-0.05, 0) is 76.7 Å². The molecule has 40 heavy (non-hydrogen) atoms. The van der Waals surface area contributed by atoms with Crippen molar-refractivity contribution < 1.29 is 27.5 Å². The van der Waals surface area contributed by atoms with Crippen molar-refractivity contribution >= 4 is 23.5 Å². The van der Waals surface area contributed by atoms with Crippen molar-refractivity contribution in [2.24, 2.45) is 5.73 Å². The molecule has 0 spiro atoms. The predicted molar refractivity (Wildman–Crippen MR) is 146 cm³/mol. The maximum Gasteiger partial charge on any atom is 0.416 e. The number of esters is 1. The second kappa shape index (κ2) is 11.2. The van der Waals surface area contributed by atoms with Gasteiger partial charge in [0.15, 0.2) is 0 Å². The largest absolute Gasteiger partial charge is 0.423 e. The highest BCUT2D eigenvalue weighted by atomic mass is 35.5. The first-order valence-electron chi connectivity index (χ1n) is 12.5. The summed E-state index contributed by atoms with van der Waals surface area (Å²) >= 11 is 6.12. The Balaban J connectivity index is 1.37. The number of amides is 1. The first-order valence-corrected chi connectivity index (χ1v) is 12.9. The van der Waals surface area contributed by atoms with E-state index in [2.05, 4.69) is 0 Å². The molecular weight excluding hydrogens is 541 g/mol. The van der Waals surface area contributed by atoms with Gasteiger partial charge in [0.1, 0.15) is 11.8 Å². The van der Waals surface area contributed by atoms with Crippen LogP contribution in [0.5, 0.6) is 5.75 Å². The number of hydrogen-bond donors (Lipinski definition) is 1. The molecule has 2 N–H and O–H groups in total. The second-order valence-electron chi connectivity index (χ2n) is 9.53. The number of halogens is 4. The summed E-state index contributed by atoms with van der Waals surface area (Å²) < 4.78 is 44.6. The van der Waals surface area contributed by atoms with Crippen LogP contribution in [0.25, 0.3) is 11.1 Å². The molecule has 9 heteroatoms. The van der Waals surface area contributed by atoms with Crippen molar-refractivity contribution in [2.75, 3.05) is 6.54 Å². The van der Waals surface area contributed by atoms with Gasteiger partial charge in [0.25, 0.3) is 0 Å². The van der Waals surface area contributed by atoms with Crippen molar-refractivity contribution in [3.05, 3.63) is 124 Å². The van der Waals surface area contributed by atoms with Crippen molar-refractivity contribution in [1.82, 2.24) is 4.90 Å². The van der Waals surface area contributed by atoms with Gasteiger partial charge in [-0.1, -0.05) is 60.1 Å². The Morgan fingerprint density at radius 2 is 1.70 bits per heavy atom. The number of rotatable bonds is 6. The maximum absolute atomic E-state index is 13.2. The van der Waals surface area contributed by atoms with Gasteiger partial charge >= 0.3 is 12.1 Å². The molecule has 4 aromatic rings. The molecule has 0 saturated carbocycles. The number of alkyl halides is 3. The molecule has 5 rings (SSSR count). The highest BCUT2D eigenvalue weighted by Crippen LogP contribution is 2.35. The molecule has 1 aliphatic heterocycles. The summed E-state index contributed by atoms with van der Waals surface area (Å²) in [5, 5.41) is 0.608. The lowest BCUT2D eigenvalue weighted by Gasteiger charge is -2.35. The number of nitrogens with two attached hydrogens (primary N) is 1. The van der Waals surface area contributed by atoms with E-state index in [0.717, 1.165) is 28.8 Å². The van der Waals surface area contributed by atoms with Crippen LogP contribution < -0.4 is 10.5 Å². The zero-order valence-electron chi connectivity index (χ0n) is 21.1. The SMILES string of the molecule is NC(=O)C1c2ccc(OC(=O)c3ccccc3-c3ccc(C(F)(F)F)cc3)cc2CCN1Cc1cccc(Cl)c1. The van der Waals surface area contributed by atoms with E-state index in [4.69, 9.17) is 22.1 Å². The molecule has 5 nitrogen and oxygen atoms in total. The van der Waals surface area contributed by atoms with Gasteiger partial charge in [-0.2, -0.15) is 13.2 Å². The Kier molecular flexibility index (Phi) is 7.65. The minimum Gasteiger partial charge on any atom is -0.423 e. The maximum atomic E-state index is 13.2. The van der Waals surface area contributed by atoms with Crippen molar-refractivity contribution in [3.63, 3.8) is 0 Å². The summed E-state index contributed by atoms with van der Waals surface area (Å²) in [7, 11) is 0. The highest BCUT2D eigenvalue weighted by Gasteiger charge is 2.32. The minimum absolute atomic E-state index is 0.211. The van der Waals surface area contributed by atoms with E-state index >= 15 is 0 Å². The Labute approximate surface area is 233 Å². The van der Waals surface area contributed by atoms with Crippen LogP contribution in [0.4, 0.5) is 13.2 Å². The summed E-state index contributed by atoms with van der Waals surface area (Å²) in [6.07, 6.45) is -3.85. The van der Waals surface area contributed by atoms with Crippen LogP contribution in [0.1, 0.15) is 38.7 Å². The van der Waals surface area contributed by atoms with E-state index < -0.39 is 29.7 Å². The van der Waals surface area contributed by atoms with Gasteiger partial charge in [-0.25, -0.2) is 4.79 Å². The van der Waals surface area contributed by atoms with E-state index in [-0.39, 0.29) is 11.3 Å². The van der Waals surface area contributed by atoms with E-state index in [9.17, 15) is 22.8 Å². The Morgan fingerprint density at radius 3 is 2.40 bits per heavy atom. The second-order valence-corrected chi connectivity index (χ2v) is 9.96. The van der Waals surface area contributed by atoms with Gasteiger partial charge in [0, 0.05) is 18.1 Å². The molecule has 0 radical (unpaired) electrons. The standard InChI is InChI=1S/C31H24ClF3N2O3/c32-23-5-3-4-19(16-23)18-37-15-14-21-17-24(12-13-26(21)28(37)29(36)38)40-30(39)27-7-2-1-6-25(27)20-8-10-22(11-9-20)31(33,34)35/h1-13,16-17,28H,14-15,18H2,(H2,36,38). The smallest absolute Gasteiger partial charge is 0.416 e. The molecule has 0 saturated heterocycles. The van der Waals surface area contributed by atoms with Crippen molar-refractivity contribution in [3.8, 4) is 16.9 Å². The first-order chi connectivity index (χ1) is 19.1. The molecule has 1 amide bonds. The van der Waals surface area contributed by atoms with Gasteiger partial charge in [0.2, 0.25) is 5.91 Å². The predicted octanol–water partition coefficient (Wildman–Crippen LogP) is 6.83. The lowest BCUT2D eigenvalue weighted by Crippen LogP contribution is -2.42. The van der Waals surface area contributed by atoms with Crippen molar-refractivity contribution in [2.45, 2.75) is 25.2 Å². The summed E-state index contributed by atoms with van der Waals surface area (Å²) in [6, 6.07) is 23.0. The summed E-state index contributed by atoms with van der Waals surface area (Å²) in [6.45, 7) is 1.05. The van der Waals surface area contributed by atoms with Crippen LogP contribution in [0, 0.1) is 0 Å². The average Bonchev–Trinajstić information content (AvgIpc) is 2.92. The normalized spacial score (nSPS) is 15.3. The molecule has 1 atom stereocenters. The van der Waals surface area contributed by atoms with Crippen molar-refractivity contribution in [1.29, 1.82) is 0 Å². The van der Waals surface area contributed by atoms with Crippen LogP contribution in [-0.4, -0.2) is 23.3 Å². The number of nitrogens with zero attached hydrogens (tertiary/aromatic N) is 1. The van der Waals surface area contributed by atoms with Gasteiger partial charge in [0.05, 0.1) is 11.1 Å². The minimum atomic E-state index is -4.46. The van der Waals surface area contributed by atoms with E-state index in [1.54, 1.807) is 48.5 Å². The molecule has 1 heterocycles. The Bertz CT molecular complexity index is 1570. The van der Waals surface area contributed by atoms with E-state index in [0.29, 0.717) is 35.7 Å². The molecule has 0 bridgehead atoms. The molecule has 1 aliphatic rings. The number of hydrogen-bond acceptors (Lipinski definition) is 4. The molecule has 0 fully saturated rings. The molecular formula is C31H24ClF3N2O3. The fraction of sp³-hybridized carbons (Fsp3) is 0.161. The average molecular weight is 565 g/mol. The van der Waals surface area contributed by atoms with Crippen LogP contribution in [0.2, 0.25) is 5.02 Å². The number of fused-ring (bicyclic) bond motifs is 1. The third-order valence-corrected chi connectivity index (χ3v) is 7.10. The number of carbonyl (C=O) groups excluding carboxylic acids is 2. The molecule has 1 unspecified atom stereocenters. The summed E-state index contributed by atoms with van der Waals surface area (Å²) in [5.74, 6) is -0.851. The summed E-state index contributed by atoms with van der Waals surface area (Å²) in [4.78, 5) is 27.6. The van der Waals surface area contributed by atoms with Gasteiger partial charge in [-0.15, -0.1) is 0 Å². The van der Waals surface area contributed by atoms with Crippen LogP contribution in [0.3, 0.4) is 0 Å². The fourth-order valence-electron chi connectivity index (χ4n) is 5.01. The third kappa shape index (κ3) is 5.88. The third-order valence-electron chi connectivity index (χ3n) is 6.87. The zero-order chi connectivity index (χ0) is 28.4. The zero-order valence-corrected chi connectivity index (χ0v) is 21.9. The molecule has 204 valence electrons. The van der Waals surface area contributed by atoms with Gasteiger partial charge < -0.3 is 10.5 Å². The Hall–Kier alpha value is -4.14. The lowest BCUT2D eigenvalue weighted by atomic mass is 9.91. The van der Waals surface area contributed by atoms with Gasteiger partial charge in [-0.3, -0.25) is 9.69 Å². The van der Waals surface area contributed by atoms with Crippen LogP contribution in [0.15, 0.2) is 91.0 Å². The van der Waals surface area contributed by atoms with Crippen LogP contribution in [-0.2, 0) is 23.9 Å². The van der Waals surface area contributed by atoms with E-state index in [1.165, 1.54) is 12.1 Å². The number of benzene rings is 4. The Morgan fingerprint density at radius 1 is 0.950 bits per heavy atom. The topological polar surface area (TPSA) is 72.6 Å². The number of ether oxygens (including phenoxy) is 1. The highest BCUT2D eigenvalue weighted by molar-refractivity contribution is 6.30. The summed E-state index contributed by atoms with van der Waals surface area (Å²) in [5.41, 5.74) is 8.68. The molecule has 0 aromatic heterocycles. The molecule has 4 aromatic carbocycles. The number of carbonyl (C=O) groups is 2. The quantitative estimate of drug-likeness (QED) is 0.206. The van der Waals surface area contributed by atoms with Crippen LogP contribution >= 0.6 is 11.6 Å².